The van der Waals surface area contributed by atoms with Gasteiger partial charge in [-0.25, -0.2) is 0 Å². The first-order valence-electron chi connectivity index (χ1n) is 9.90. The maximum Gasteiger partial charge on any atom is 0.305 e. The van der Waals surface area contributed by atoms with E-state index in [0.717, 1.165) is 49.8 Å². The Morgan fingerprint density at radius 2 is 1.62 bits per heavy atom. The van der Waals surface area contributed by atoms with Gasteiger partial charge in [-0.1, -0.05) is 31.4 Å². The van der Waals surface area contributed by atoms with Crippen LogP contribution in [0.2, 0.25) is 0 Å². The van der Waals surface area contributed by atoms with Gasteiger partial charge in [0.1, 0.15) is 5.75 Å². The Kier molecular flexibility index (Phi) is 6.53. The van der Waals surface area contributed by atoms with Crippen LogP contribution in [-0.4, -0.2) is 23.1 Å². The van der Waals surface area contributed by atoms with Crippen LogP contribution >= 0.6 is 0 Å². The molecule has 5 nitrogen and oxygen atoms in total. The smallest absolute Gasteiger partial charge is 0.305 e. The molecule has 1 amide bonds. The average molecular weight is 359 g/mol. The zero-order chi connectivity index (χ0) is 18.4. The van der Waals surface area contributed by atoms with Gasteiger partial charge < -0.3 is 15.2 Å². The largest absolute Gasteiger partial charge is 0.490 e. The van der Waals surface area contributed by atoms with E-state index in [9.17, 15) is 14.7 Å². The Hall–Kier alpha value is -2.04. The number of hydrogen-bond donors (Lipinski definition) is 2. The Bertz CT molecular complexity index is 601. The molecule has 0 spiro atoms. The van der Waals surface area contributed by atoms with E-state index in [0.29, 0.717) is 6.10 Å². The van der Waals surface area contributed by atoms with Gasteiger partial charge >= 0.3 is 5.97 Å². The van der Waals surface area contributed by atoms with Crippen LogP contribution < -0.4 is 10.1 Å². The number of aliphatic carboxylic acids is 1. The number of carbonyl (C=O) groups excluding carboxylic acids is 1. The molecule has 2 N–H and O–H groups in total. The first-order chi connectivity index (χ1) is 12.6. The van der Waals surface area contributed by atoms with Crippen molar-refractivity contribution in [1.82, 2.24) is 5.32 Å². The minimum atomic E-state index is -0.912. The minimum Gasteiger partial charge on any atom is -0.490 e. The lowest BCUT2D eigenvalue weighted by Crippen LogP contribution is -2.35. The van der Waals surface area contributed by atoms with Gasteiger partial charge in [-0.2, -0.15) is 0 Å². The maximum absolute atomic E-state index is 12.5. The third-order valence-corrected chi connectivity index (χ3v) is 5.56. The Labute approximate surface area is 155 Å². The second-order valence-electron chi connectivity index (χ2n) is 7.59. The van der Waals surface area contributed by atoms with E-state index < -0.39 is 12.0 Å². The molecular formula is C21H29NO4. The molecule has 0 radical (unpaired) electrons. The number of carboxylic acid groups (broad SMARTS) is 1. The van der Waals surface area contributed by atoms with Crippen molar-refractivity contribution >= 4 is 11.9 Å². The highest BCUT2D eigenvalue weighted by atomic mass is 16.5. The van der Waals surface area contributed by atoms with Crippen molar-refractivity contribution in [2.24, 2.45) is 5.92 Å². The highest BCUT2D eigenvalue weighted by Gasteiger charge is 2.25. The van der Waals surface area contributed by atoms with Crippen LogP contribution in [0.4, 0.5) is 0 Å². The third kappa shape index (κ3) is 5.23. The summed E-state index contributed by atoms with van der Waals surface area (Å²) in [4.78, 5) is 23.8. The van der Waals surface area contributed by atoms with Crippen molar-refractivity contribution in [3.63, 3.8) is 0 Å². The summed E-state index contributed by atoms with van der Waals surface area (Å²) < 4.78 is 5.96. The molecule has 0 saturated heterocycles. The van der Waals surface area contributed by atoms with E-state index in [-0.39, 0.29) is 18.2 Å². The van der Waals surface area contributed by atoms with Crippen molar-refractivity contribution in [2.45, 2.75) is 76.4 Å². The van der Waals surface area contributed by atoms with Crippen LogP contribution in [-0.2, 0) is 9.59 Å². The van der Waals surface area contributed by atoms with Crippen LogP contribution in [0.3, 0.4) is 0 Å². The molecule has 2 aliphatic carbocycles. The number of carboxylic acids is 1. The summed E-state index contributed by atoms with van der Waals surface area (Å²) in [7, 11) is 0. The third-order valence-electron chi connectivity index (χ3n) is 5.56. The van der Waals surface area contributed by atoms with Crippen LogP contribution in [0.25, 0.3) is 0 Å². The normalized spacial score (nSPS) is 19.8. The van der Waals surface area contributed by atoms with E-state index in [1.54, 1.807) is 0 Å². The van der Waals surface area contributed by atoms with Crippen molar-refractivity contribution in [2.75, 3.05) is 0 Å². The maximum atomic E-state index is 12.5. The topological polar surface area (TPSA) is 75.6 Å². The van der Waals surface area contributed by atoms with Gasteiger partial charge in [0.15, 0.2) is 0 Å². The van der Waals surface area contributed by atoms with Gasteiger partial charge in [-0.3, -0.25) is 9.59 Å². The lowest BCUT2D eigenvalue weighted by molar-refractivity contribution is -0.138. The predicted octanol–water partition coefficient (Wildman–Crippen LogP) is 4.22. The molecule has 1 aromatic carbocycles. The molecule has 2 saturated carbocycles. The molecule has 26 heavy (non-hydrogen) atoms. The molecule has 0 aromatic heterocycles. The molecule has 2 fully saturated rings. The van der Waals surface area contributed by atoms with Crippen LogP contribution in [0.5, 0.6) is 5.75 Å². The molecule has 142 valence electrons. The Morgan fingerprint density at radius 1 is 1.00 bits per heavy atom. The molecule has 0 bridgehead atoms. The van der Waals surface area contributed by atoms with Gasteiger partial charge in [0.05, 0.1) is 18.6 Å². The van der Waals surface area contributed by atoms with Gasteiger partial charge in [0.25, 0.3) is 0 Å². The van der Waals surface area contributed by atoms with Gasteiger partial charge in [-0.05, 0) is 56.2 Å². The van der Waals surface area contributed by atoms with E-state index in [1.165, 1.54) is 19.3 Å². The van der Waals surface area contributed by atoms with Crippen molar-refractivity contribution < 1.29 is 19.4 Å². The standard InChI is InChI=1S/C21H29NO4/c23-20(24)14-19(22-21(25)16-6-2-1-3-7-16)15-10-12-18(13-11-15)26-17-8-4-5-9-17/h10-13,16-17,19H,1-9,14H2,(H,22,25)(H,23,24)/t19-/m1/s1. The number of benzene rings is 1. The number of rotatable bonds is 7. The second-order valence-corrected chi connectivity index (χ2v) is 7.59. The molecular weight excluding hydrogens is 330 g/mol. The number of amides is 1. The van der Waals surface area contributed by atoms with Crippen molar-refractivity contribution in [3.8, 4) is 5.75 Å². The Morgan fingerprint density at radius 3 is 2.23 bits per heavy atom. The van der Waals surface area contributed by atoms with Crippen molar-refractivity contribution in [1.29, 1.82) is 0 Å². The first-order valence-corrected chi connectivity index (χ1v) is 9.90. The summed E-state index contributed by atoms with van der Waals surface area (Å²) in [5.41, 5.74) is 0.815. The van der Waals surface area contributed by atoms with Gasteiger partial charge in [0, 0.05) is 5.92 Å². The second kappa shape index (κ2) is 9.06. The minimum absolute atomic E-state index is 0.0118. The first kappa shape index (κ1) is 18.7. The zero-order valence-electron chi connectivity index (χ0n) is 15.3. The SMILES string of the molecule is O=C(O)C[C@@H](NC(=O)C1CCCCC1)c1ccc(OC2CCCC2)cc1. The number of carbonyl (C=O) groups is 2. The zero-order valence-corrected chi connectivity index (χ0v) is 15.3. The highest BCUT2D eigenvalue weighted by molar-refractivity contribution is 5.80. The molecule has 2 aliphatic rings. The van der Waals surface area contributed by atoms with Gasteiger partial charge in [-0.15, -0.1) is 0 Å². The van der Waals surface area contributed by atoms with Crippen molar-refractivity contribution in [3.05, 3.63) is 29.8 Å². The Balaban J connectivity index is 1.64. The average Bonchev–Trinajstić information content (AvgIpc) is 3.15. The summed E-state index contributed by atoms with van der Waals surface area (Å²) in [5, 5.41) is 12.2. The molecule has 1 aromatic rings. The lowest BCUT2D eigenvalue weighted by Gasteiger charge is -2.24. The fourth-order valence-electron chi connectivity index (χ4n) is 4.06. The highest BCUT2D eigenvalue weighted by Crippen LogP contribution is 2.28. The summed E-state index contributed by atoms with van der Waals surface area (Å²) in [6.07, 6.45) is 9.96. The fourth-order valence-corrected chi connectivity index (χ4v) is 4.06. The lowest BCUT2D eigenvalue weighted by atomic mass is 9.88. The van der Waals surface area contributed by atoms with Gasteiger partial charge in [0.2, 0.25) is 5.91 Å². The van der Waals surface area contributed by atoms with Crippen LogP contribution in [0, 0.1) is 5.92 Å². The molecule has 0 heterocycles. The number of nitrogens with one attached hydrogen (secondary N) is 1. The fraction of sp³-hybridized carbons (Fsp3) is 0.619. The summed E-state index contributed by atoms with van der Waals surface area (Å²) in [5.74, 6) is -0.0918. The number of ether oxygens (including phenoxy) is 1. The van der Waals surface area contributed by atoms with E-state index in [1.807, 2.05) is 24.3 Å². The molecule has 0 unspecified atom stereocenters. The van der Waals surface area contributed by atoms with Crippen LogP contribution in [0.15, 0.2) is 24.3 Å². The quantitative estimate of drug-likeness (QED) is 0.764. The summed E-state index contributed by atoms with van der Waals surface area (Å²) in [6, 6.07) is 7.02. The van der Waals surface area contributed by atoms with E-state index in [4.69, 9.17) is 4.74 Å². The molecule has 3 rings (SSSR count). The monoisotopic (exact) mass is 359 g/mol. The summed E-state index contributed by atoms with van der Waals surface area (Å²) >= 11 is 0. The predicted molar refractivity (Wildman–Crippen MR) is 99.0 cm³/mol. The number of hydrogen-bond acceptors (Lipinski definition) is 3. The molecule has 5 heteroatoms. The molecule has 0 aliphatic heterocycles. The summed E-state index contributed by atoms with van der Waals surface area (Å²) in [6.45, 7) is 0. The van der Waals surface area contributed by atoms with Crippen LogP contribution in [0.1, 0.15) is 75.8 Å². The van der Waals surface area contributed by atoms with E-state index in [2.05, 4.69) is 5.32 Å². The molecule has 1 atom stereocenters. The van der Waals surface area contributed by atoms with E-state index >= 15 is 0 Å².